The molecule has 5 rings (SSSR count). The third-order valence-corrected chi connectivity index (χ3v) is 6.88. The van der Waals surface area contributed by atoms with Gasteiger partial charge < -0.3 is 23.2 Å². The first-order valence-corrected chi connectivity index (χ1v) is 13.9. The summed E-state index contributed by atoms with van der Waals surface area (Å²) < 4.78 is 18.5. The van der Waals surface area contributed by atoms with Crippen molar-refractivity contribution >= 4 is 15.4 Å². The molecule has 0 aliphatic heterocycles. The van der Waals surface area contributed by atoms with E-state index in [1.807, 2.05) is 55.5 Å². The molecule has 3 aromatic heterocycles. The van der Waals surface area contributed by atoms with Gasteiger partial charge in [0, 0.05) is 27.9 Å². The third kappa shape index (κ3) is 6.09. The van der Waals surface area contributed by atoms with Gasteiger partial charge in [-0.05, 0) is 49.1 Å². The zero-order valence-electron chi connectivity index (χ0n) is 23.7. The number of tetrazole rings is 1. The van der Waals surface area contributed by atoms with Gasteiger partial charge in [-0.2, -0.15) is 4.57 Å². The number of hydrogen-bond acceptors (Lipinski definition) is 10. The molecule has 0 radical (unpaired) electrons. The molecular formula is C29H31N6O6P. The van der Waals surface area contributed by atoms with Crippen LogP contribution in [-0.4, -0.2) is 40.6 Å². The summed E-state index contributed by atoms with van der Waals surface area (Å²) >= 11 is 0. The molecule has 42 heavy (non-hydrogen) atoms. The molecule has 0 saturated carbocycles. The van der Waals surface area contributed by atoms with E-state index < -0.39 is 17.4 Å². The minimum absolute atomic E-state index is 0.115. The van der Waals surface area contributed by atoms with Crippen LogP contribution in [0.1, 0.15) is 66.3 Å². The third-order valence-electron chi connectivity index (χ3n) is 6.66. The number of aliphatic hydroxyl groups is 1. The van der Waals surface area contributed by atoms with Crippen molar-refractivity contribution in [1.82, 2.24) is 29.5 Å². The Morgan fingerprint density at radius 2 is 1.81 bits per heavy atom. The lowest BCUT2D eigenvalue weighted by atomic mass is 9.98. The van der Waals surface area contributed by atoms with Crippen molar-refractivity contribution in [1.29, 1.82) is 0 Å². The average Bonchev–Trinajstić information content (AvgIpc) is 3.64. The van der Waals surface area contributed by atoms with E-state index in [1.54, 1.807) is 25.3 Å². The zero-order chi connectivity index (χ0) is 30.0. The van der Waals surface area contributed by atoms with Gasteiger partial charge in [-0.3, -0.25) is 0 Å². The smallest absolute Gasteiger partial charge is 0.453 e. The number of nitrogens with zero attached hydrogens (tertiary/aromatic N) is 6. The number of hydrogen-bond donors (Lipinski definition) is 1. The standard InChI is InChI=1S/C29H31N6O6P/c1-5-8-23-30-25(29(3,4)38)24(27(36)39-16-22-17(2)40-28(37)41-22)34(23)15-18-11-13-19(14-12-18)20-9-6-7-10-21(20)26-31-33-35(42)32-26/h6-7,9-14,38H,5,8,15-16,42H2,1-4H3. The maximum Gasteiger partial charge on any atom is 0.519 e. The summed E-state index contributed by atoms with van der Waals surface area (Å²) in [5.74, 6) is -0.0711. The van der Waals surface area contributed by atoms with Crippen LogP contribution in [0.15, 0.2) is 62.2 Å². The number of ether oxygens (including phenoxy) is 1. The lowest BCUT2D eigenvalue weighted by Crippen LogP contribution is -2.23. The number of esters is 1. The van der Waals surface area contributed by atoms with Crippen LogP contribution in [0.2, 0.25) is 0 Å². The Labute approximate surface area is 243 Å². The van der Waals surface area contributed by atoms with E-state index in [2.05, 4.69) is 29.8 Å². The molecule has 0 aliphatic carbocycles. The van der Waals surface area contributed by atoms with Gasteiger partial charge in [-0.15, -0.1) is 10.2 Å². The molecule has 218 valence electrons. The topological polar surface area (TPSA) is 151 Å². The van der Waals surface area contributed by atoms with Crippen LogP contribution < -0.4 is 5.82 Å². The van der Waals surface area contributed by atoms with Crippen LogP contribution in [0.4, 0.5) is 0 Å². The van der Waals surface area contributed by atoms with E-state index in [9.17, 15) is 14.7 Å². The quantitative estimate of drug-likeness (QED) is 0.184. The Morgan fingerprint density at radius 1 is 1.10 bits per heavy atom. The number of aryl methyl sites for hydroxylation is 2. The van der Waals surface area contributed by atoms with Crippen LogP contribution >= 0.6 is 9.39 Å². The summed E-state index contributed by atoms with van der Waals surface area (Å²) in [5, 5.41) is 23.3. The highest BCUT2D eigenvalue weighted by molar-refractivity contribution is 7.14. The second kappa shape index (κ2) is 11.8. The van der Waals surface area contributed by atoms with Crippen LogP contribution in [0.5, 0.6) is 0 Å². The Kier molecular flexibility index (Phi) is 8.20. The molecule has 0 aliphatic rings. The van der Waals surface area contributed by atoms with Gasteiger partial charge in [0.1, 0.15) is 17.1 Å². The van der Waals surface area contributed by atoms with Crippen molar-refractivity contribution in [3.63, 3.8) is 0 Å². The van der Waals surface area contributed by atoms with Crippen LogP contribution in [-0.2, 0) is 29.9 Å². The van der Waals surface area contributed by atoms with Crippen molar-refractivity contribution in [2.75, 3.05) is 0 Å². The number of aromatic nitrogens is 6. The molecule has 0 saturated heterocycles. The highest BCUT2D eigenvalue weighted by Gasteiger charge is 2.33. The first-order valence-electron chi connectivity index (χ1n) is 13.4. The summed E-state index contributed by atoms with van der Waals surface area (Å²) in [4.78, 5) is 29.6. The molecule has 1 unspecified atom stereocenters. The summed E-state index contributed by atoms with van der Waals surface area (Å²) in [5.41, 5.74) is 2.60. The van der Waals surface area contributed by atoms with Gasteiger partial charge in [0.05, 0.1) is 0 Å². The predicted molar refractivity (Wildman–Crippen MR) is 155 cm³/mol. The fourth-order valence-corrected chi connectivity index (χ4v) is 4.82. The summed E-state index contributed by atoms with van der Waals surface area (Å²) in [7, 11) is 2.37. The average molecular weight is 591 g/mol. The maximum atomic E-state index is 13.5. The molecule has 12 nitrogen and oxygen atoms in total. The van der Waals surface area contributed by atoms with Gasteiger partial charge in [-0.1, -0.05) is 55.5 Å². The highest BCUT2D eigenvalue weighted by atomic mass is 31.0. The predicted octanol–water partition coefficient (Wildman–Crippen LogP) is 4.28. The molecule has 0 bridgehead atoms. The number of carbonyl (C=O) groups excluding carboxylic acids is 1. The first kappa shape index (κ1) is 29.1. The molecule has 1 atom stereocenters. The molecule has 0 fully saturated rings. The SMILES string of the molecule is CCCc1nc(C(C)(C)O)c(C(=O)OCc2oc(=O)oc2C)n1Cc1ccc(-c2ccccc2-c2nnn(P)n2)cc1. The lowest BCUT2D eigenvalue weighted by molar-refractivity contribution is 0.0395. The Hall–Kier alpha value is -4.41. The van der Waals surface area contributed by atoms with Gasteiger partial charge in [0.15, 0.2) is 23.8 Å². The lowest BCUT2D eigenvalue weighted by Gasteiger charge is -2.17. The van der Waals surface area contributed by atoms with Crippen LogP contribution in [0, 0.1) is 6.92 Å². The maximum absolute atomic E-state index is 13.5. The normalized spacial score (nSPS) is 11.7. The van der Waals surface area contributed by atoms with E-state index in [-0.39, 0.29) is 29.5 Å². The van der Waals surface area contributed by atoms with Gasteiger partial charge >= 0.3 is 11.8 Å². The van der Waals surface area contributed by atoms with E-state index in [0.717, 1.165) is 28.7 Å². The minimum atomic E-state index is -1.42. The Balaban J connectivity index is 1.48. The first-order chi connectivity index (χ1) is 20.0. The second-order valence-corrected chi connectivity index (χ2v) is 10.8. The molecule has 0 amide bonds. The zero-order valence-corrected chi connectivity index (χ0v) is 24.9. The Bertz CT molecular complexity index is 1780. The fourth-order valence-electron chi connectivity index (χ4n) is 4.66. The summed E-state index contributed by atoms with van der Waals surface area (Å²) in [6.07, 6.45) is 1.36. The molecule has 13 heteroatoms. The van der Waals surface area contributed by atoms with Gasteiger partial charge in [0.2, 0.25) is 5.82 Å². The summed E-state index contributed by atoms with van der Waals surface area (Å²) in [6.45, 7) is 6.72. The van der Waals surface area contributed by atoms with Crippen molar-refractivity contribution in [3.05, 3.63) is 93.4 Å². The van der Waals surface area contributed by atoms with Crippen molar-refractivity contribution < 1.29 is 23.5 Å². The van der Waals surface area contributed by atoms with Crippen LogP contribution in [0.25, 0.3) is 22.5 Å². The molecular weight excluding hydrogens is 559 g/mol. The molecule has 2 aromatic carbocycles. The van der Waals surface area contributed by atoms with Gasteiger partial charge in [-0.25, -0.2) is 14.6 Å². The van der Waals surface area contributed by atoms with Crippen molar-refractivity contribution in [2.24, 2.45) is 0 Å². The highest BCUT2D eigenvalue weighted by Crippen LogP contribution is 2.31. The largest absolute Gasteiger partial charge is 0.519 e. The number of carbonyl (C=O) groups is 1. The van der Waals surface area contributed by atoms with Crippen LogP contribution in [0.3, 0.4) is 0 Å². The monoisotopic (exact) mass is 590 g/mol. The second-order valence-electron chi connectivity index (χ2n) is 10.3. The summed E-state index contributed by atoms with van der Waals surface area (Å²) in [6, 6.07) is 15.8. The minimum Gasteiger partial charge on any atom is -0.453 e. The van der Waals surface area contributed by atoms with E-state index in [1.165, 1.54) is 4.57 Å². The van der Waals surface area contributed by atoms with Crippen molar-refractivity contribution in [2.45, 2.75) is 59.3 Å². The van der Waals surface area contributed by atoms with E-state index >= 15 is 0 Å². The molecule has 1 N–H and O–H groups in total. The van der Waals surface area contributed by atoms with E-state index in [4.69, 9.17) is 13.6 Å². The number of benzene rings is 2. The molecule has 3 heterocycles. The van der Waals surface area contributed by atoms with Gasteiger partial charge in [0.25, 0.3) is 0 Å². The van der Waals surface area contributed by atoms with Crippen molar-refractivity contribution in [3.8, 4) is 22.5 Å². The van der Waals surface area contributed by atoms with E-state index in [0.29, 0.717) is 24.6 Å². The fraction of sp³-hybridized carbons (Fsp3) is 0.310. The number of rotatable bonds is 10. The number of imidazole rings is 1. The molecule has 5 aromatic rings. The molecule has 0 spiro atoms. The Morgan fingerprint density at radius 3 is 2.40 bits per heavy atom.